The quantitative estimate of drug-likeness (QED) is 0.836. The van der Waals surface area contributed by atoms with E-state index in [1.807, 2.05) is 0 Å². The standard InChI is InChI=1S/C17H25FN2O/c1-10(2)13-6-4-11(3)8-16(13)20-17(21)14-9-12(18)5-7-15(14)19/h5,7,9-11,13,16H,4,6,8,19H2,1-3H3,(H,20,21). The van der Waals surface area contributed by atoms with Gasteiger partial charge in [0.2, 0.25) is 0 Å². The molecule has 0 heterocycles. The number of hydrogen-bond acceptors (Lipinski definition) is 2. The van der Waals surface area contributed by atoms with Crippen molar-refractivity contribution in [1.82, 2.24) is 5.32 Å². The Morgan fingerprint density at radius 1 is 1.38 bits per heavy atom. The van der Waals surface area contributed by atoms with Crippen LogP contribution in [-0.4, -0.2) is 11.9 Å². The maximum Gasteiger partial charge on any atom is 0.253 e. The molecular weight excluding hydrogens is 267 g/mol. The van der Waals surface area contributed by atoms with Gasteiger partial charge in [-0.3, -0.25) is 4.79 Å². The van der Waals surface area contributed by atoms with Gasteiger partial charge in [-0.05, 0) is 48.8 Å². The van der Waals surface area contributed by atoms with Crippen LogP contribution < -0.4 is 11.1 Å². The third-order valence-corrected chi connectivity index (χ3v) is 4.60. The highest BCUT2D eigenvalue weighted by atomic mass is 19.1. The molecule has 1 aliphatic rings. The Labute approximate surface area is 126 Å². The van der Waals surface area contributed by atoms with Crippen molar-refractivity contribution < 1.29 is 9.18 Å². The summed E-state index contributed by atoms with van der Waals surface area (Å²) in [5, 5.41) is 3.08. The predicted octanol–water partition coefficient (Wildman–Crippen LogP) is 3.60. The smallest absolute Gasteiger partial charge is 0.253 e. The van der Waals surface area contributed by atoms with Crippen LogP contribution in [0.5, 0.6) is 0 Å². The summed E-state index contributed by atoms with van der Waals surface area (Å²) in [6, 6.07) is 4.06. The summed E-state index contributed by atoms with van der Waals surface area (Å²) in [6.07, 6.45) is 3.31. The van der Waals surface area contributed by atoms with E-state index in [1.165, 1.54) is 24.6 Å². The van der Waals surface area contributed by atoms with E-state index in [-0.39, 0.29) is 17.5 Å². The molecule has 4 heteroatoms. The number of rotatable bonds is 3. The number of nitrogens with two attached hydrogens (primary N) is 1. The molecule has 3 N–H and O–H groups in total. The van der Waals surface area contributed by atoms with Crippen LogP contribution in [0.2, 0.25) is 0 Å². The summed E-state index contributed by atoms with van der Waals surface area (Å²) < 4.78 is 13.3. The zero-order valence-electron chi connectivity index (χ0n) is 13.0. The van der Waals surface area contributed by atoms with Crippen molar-refractivity contribution >= 4 is 11.6 Å². The topological polar surface area (TPSA) is 55.1 Å². The lowest BCUT2D eigenvalue weighted by Crippen LogP contribution is -2.45. The molecule has 0 spiro atoms. The van der Waals surface area contributed by atoms with E-state index in [9.17, 15) is 9.18 Å². The summed E-state index contributed by atoms with van der Waals surface area (Å²) in [5.41, 5.74) is 6.34. The third-order valence-electron chi connectivity index (χ3n) is 4.60. The van der Waals surface area contributed by atoms with E-state index < -0.39 is 5.82 Å². The van der Waals surface area contributed by atoms with E-state index in [2.05, 4.69) is 26.1 Å². The molecular formula is C17H25FN2O. The van der Waals surface area contributed by atoms with Crippen LogP contribution in [0.15, 0.2) is 18.2 Å². The molecule has 3 unspecified atom stereocenters. The Morgan fingerprint density at radius 3 is 2.76 bits per heavy atom. The number of nitrogens with one attached hydrogen (secondary N) is 1. The average molecular weight is 292 g/mol. The number of nitrogen functional groups attached to an aromatic ring is 1. The van der Waals surface area contributed by atoms with Crippen molar-refractivity contribution in [2.24, 2.45) is 17.8 Å². The highest BCUT2D eigenvalue weighted by Gasteiger charge is 2.32. The van der Waals surface area contributed by atoms with Gasteiger partial charge in [0.25, 0.3) is 5.91 Å². The monoisotopic (exact) mass is 292 g/mol. The van der Waals surface area contributed by atoms with Crippen LogP contribution in [0.4, 0.5) is 10.1 Å². The molecule has 0 radical (unpaired) electrons. The molecule has 0 aliphatic heterocycles. The van der Waals surface area contributed by atoms with Gasteiger partial charge < -0.3 is 11.1 Å². The van der Waals surface area contributed by atoms with Gasteiger partial charge in [0, 0.05) is 11.7 Å². The first kappa shape index (κ1) is 15.8. The largest absolute Gasteiger partial charge is 0.398 e. The first-order valence-corrected chi connectivity index (χ1v) is 7.74. The molecule has 2 rings (SSSR count). The average Bonchev–Trinajstić information content (AvgIpc) is 2.41. The maximum atomic E-state index is 13.3. The van der Waals surface area contributed by atoms with Crippen LogP contribution in [0, 0.1) is 23.6 Å². The number of carbonyl (C=O) groups excluding carboxylic acids is 1. The molecule has 3 nitrogen and oxygen atoms in total. The summed E-state index contributed by atoms with van der Waals surface area (Å²) >= 11 is 0. The summed E-state index contributed by atoms with van der Waals surface area (Å²) in [4.78, 5) is 12.4. The highest BCUT2D eigenvalue weighted by molar-refractivity contribution is 5.99. The van der Waals surface area contributed by atoms with Crippen LogP contribution in [0.3, 0.4) is 0 Å². The molecule has 21 heavy (non-hydrogen) atoms. The Morgan fingerprint density at radius 2 is 2.10 bits per heavy atom. The molecule has 1 aromatic carbocycles. The zero-order valence-corrected chi connectivity index (χ0v) is 13.0. The van der Waals surface area contributed by atoms with Crippen molar-refractivity contribution in [1.29, 1.82) is 0 Å². The molecule has 1 aliphatic carbocycles. The Hall–Kier alpha value is -1.58. The van der Waals surface area contributed by atoms with Gasteiger partial charge in [0.05, 0.1) is 5.56 Å². The van der Waals surface area contributed by atoms with E-state index in [1.54, 1.807) is 0 Å². The highest BCUT2D eigenvalue weighted by Crippen LogP contribution is 2.33. The van der Waals surface area contributed by atoms with Crippen molar-refractivity contribution in [3.8, 4) is 0 Å². The molecule has 0 bridgehead atoms. The summed E-state index contributed by atoms with van der Waals surface area (Å²) in [5.74, 6) is 0.895. The second-order valence-corrected chi connectivity index (χ2v) is 6.64. The van der Waals surface area contributed by atoms with Crippen molar-refractivity contribution in [3.05, 3.63) is 29.6 Å². The fraction of sp³-hybridized carbons (Fsp3) is 0.588. The van der Waals surface area contributed by atoms with Gasteiger partial charge in [-0.25, -0.2) is 4.39 Å². The second kappa shape index (κ2) is 6.46. The third kappa shape index (κ3) is 3.74. The SMILES string of the molecule is CC1CCC(C(C)C)C(NC(=O)c2cc(F)ccc2N)C1. The lowest BCUT2D eigenvalue weighted by Gasteiger charge is -2.37. The fourth-order valence-electron chi connectivity index (χ4n) is 3.34. The number of halogens is 1. The predicted molar refractivity (Wildman–Crippen MR) is 83.4 cm³/mol. The van der Waals surface area contributed by atoms with Crippen molar-refractivity contribution in [2.75, 3.05) is 5.73 Å². The molecule has 3 atom stereocenters. The molecule has 0 saturated heterocycles. The van der Waals surface area contributed by atoms with Crippen LogP contribution in [0.25, 0.3) is 0 Å². The van der Waals surface area contributed by atoms with Crippen molar-refractivity contribution in [2.45, 2.75) is 46.1 Å². The Bertz CT molecular complexity index is 516. The van der Waals surface area contributed by atoms with Crippen LogP contribution in [-0.2, 0) is 0 Å². The second-order valence-electron chi connectivity index (χ2n) is 6.64. The van der Waals surface area contributed by atoms with Crippen molar-refractivity contribution in [3.63, 3.8) is 0 Å². The van der Waals surface area contributed by atoms with E-state index in [4.69, 9.17) is 5.73 Å². The fourth-order valence-corrected chi connectivity index (χ4v) is 3.34. The number of benzene rings is 1. The summed E-state index contributed by atoms with van der Waals surface area (Å²) in [7, 11) is 0. The minimum Gasteiger partial charge on any atom is -0.398 e. The maximum absolute atomic E-state index is 13.3. The molecule has 116 valence electrons. The molecule has 1 saturated carbocycles. The molecule has 1 aromatic rings. The van der Waals surface area contributed by atoms with Gasteiger partial charge in [-0.15, -0.1) is 0 Å². The lowest BCUT2D eigenvalue weighted by atomic mass is 9.74. The Kier molecular flexibility index (Phi) is 4.86. The number of amides is 1. The van der Waals surface area contributed by atoms with E-state index in [0.717, 1.165) is 12.8 Å². The Balaban J connectivity index is 2.14. The van der Waals surface area contributed by atoms with Crippen LogP contribution >= 0.6 is 0 Å². The number of anilines is 1. The van der Waals surface area contributed by atoms with Crippen LogP contribution in [0.1, 0.15) is 50.4 Å². The normalized spacial score (nSPS) is 25.9. The minimum absolute atomic E-state index is 0.143. The van der Waals surface area contributed by atoms with E-state index in [0.29, 0.717) is 23.4 Å². The lowest BCUT2D eigenvalue weighted by molar-refractivity contribution is 0.0868. The first-order valence-electron chi connectivity index (χ1n) is 7.74. The minimum atomic E-state index is -0.438. The number of hydrogen-bond donors (Lipinski definition) is 2. The van der Waals surface area contributed by atoms with Gasteiger partial charge in [0.15, 0.2) is 0 Å². The van der Waals surface area contributed by atoms with Gasteiger partial charge in [-0.1, -0.05) is 27.2 Å². The zero-order chi connectivity index (χ0) is 15.6. The van der Waals surface area contributed by atoms with Gasteiger partial charge >= 0.3 is 0 Å². The van der Waals surface area contributed by atoms with Gasteiger partial charge in [-0.2, -0.15) is 0 Å². The van der Waals surface area contributed by atoms with E-state index >= 15 is 0 Å². The number of carbonyl (C=O) groups is 1. The molecule has 1 amide bonds. The first-order chi connectivity index (χ1) is 9.88. The molecule has 0 aromatic heterocycles. The summed E-state index contributed by atoms with van der Waals surface area (Å²) in [6.45, 7) is 6.60. The molecule has 1 fully saturated rings. The van der Waals surface area contributed by atoms with Gasteiger partial charge in [0.1, 0.15) is 5.82 Å².